The number of nitrogens with zero attached hydrogens (tertiary/aromatic N) is 2. The molecule has 0 bridgehead atoms. The molecule has 0 aromatic rings. The van der Waals surface area contributed by atoms with Crippen LogP contribution in [-0.4, -0.2) is 167 Å². The van der Waals surface area contributed by atoms with E-state index in [1.165, 1.54) is 75.5 Å². The molecule has 0 fully saturated rings. The van der Waals surface area contributed by atoms with Crippen LogP contribution in [0.5, 0.6) is 0 Å². The molecule has 0 aromatic heterocycles. The normalized spacial score (nSPS) is 17.5. The third-order valence-corrected chi connectivity index (χ3v) is 15.3. The third kappa shape index (κ3) is 27.3. The van der Waals surface area contributed by atoms with Gasteiger partial charge in [0.2, 0.25) is 0 Å². The van der Waals surface area contributed by atoms with E-state index in [-0.39, 0.29) is 59.9 Å². The fourth-order valence-corrected chi connectivity index (χ4v) is 11.6. The Balaban J connectivity index is -0.000000841. The monoisotopic (exact) mass is 996 g/mol. The van der Waals surface area contributed by atoms with Crippen LogP contribution in [0.2, 0.25) is 0 Å². The molecule has 0 unspecified atom stereocenters. The van der Waals surface area contributed by atoms with E-state index >= 15 is 0 Å². The van der Waals surface area contributed by atoms with Gasteiger partial charge in [-0.3, -0.25) is 9.98 Å². The molecule has 0 aliphatic carbocycles. The van der Waals surface area contributed by atoms with Gasteiger partial charge in [0.15, 0.2) is 0 Å². The van der Waals surface area contributed by atoms with Gasteiger partial charge in [0.25, 0.3) is 0 Å². The van der Waals surface area contributed by atoms with Crippen molar-refractivity contribution < 1.29 is 80.6 Å². The average Bonchev–Trinajstić information content (AvgIpc) is 3.42. The van der Waals surface area contributed by atoms with Gasteiger partial charge >= 0.3 is 0 Å². The van der Waals surface area contributed by atoms with E-state index in [0.717, 1.165) is 39.6 Å². The summed E-state index contributed by atoms with van der Waals surface area (Å²) >= 11 is 0. The summed E-state index contributed by atoms with van der Waals surface area (Å²) in [6.07, 6.45) is 18.3. The van der Waals surface area contributed by atoms with E-state index in [9.17, 15) is 10.2 Å². The van der Waals surface area contributed by atoms with Crippen molar-refractivity contribution in [3.63, 3.8) is 0 Å². The van der Waals surface area contributed by atoms with Gasteiger partial charge in [0.1, 0.15) is 0 Å². The summed E-state index contributed by atoms with van der Waals surface area (Å²) in [5.74, 6) is -0.0778. The van der Waals surface area contributed by atoms with Gasteiger partial charge in [-0.1, -0.05) is 11.5 Å². The van der Waals surface area contributed by atoms with E-state index in [1.807, 2.05) is 27.7 Å². The molecule has 0 saturated heterocycles. The summed E-state index contributed by atoms with van der Waals surface area (Å²) < 4.78 is 42.2. The second kappa shape index (κ2) is 36.2. The molecule has 0 amide bonds. The number of rotatable bonds is 29. The molecular weight excluding hydrogens is 913 g/mol. The van der Waals surface area contributed by atoms with Crippen LogP contribution in [-0.2, 0) is 58.0 Å². The number of halogens is 1. The zero-order valence-corrected chi connectivity index (χ0v) is 44.3. The van der Waals surface area contributed by atoms with Crippen molar-refractivity contribution in [2.75, 3.05) is 132 Å². The Kier molecular flexibility index (Phi) is 38.7. The second-order valence-corrected chi connectivity index (χ2v) is 21.9. The summed E-state index contributed by atoms with van der Waals surface area (Å²) in [5, 5.41) is 24.7. The molecule has 12 nitrogen and oxygen atoms in total. The maximum Gasteiger partial charge on any atom is 0.0893 e. The van der Waals surface area contributed by atoms with Crippen LogP contribution < -0.4 is 22.6 Å². The molecule has 0 atom stereocenters. The Morgan fingerprint density at radius 1 is 0.450 bits per heavy atom. The molecule has 0 N–H and O–H groups in total. The molecular formula is C44H84ClN2O10P2Tc-3. The van der Waals surface area contributed by atoms with Crippen LogP contribution in [0.25, 0.3) is 0 Å². The standard InChI is InChI=1S/C20H32N2O4.2C12H27O3P.ClH.Tc/c1-17(2)13(15(23)19(5,6)25-17)11-21-9-10-22-12-14-16(24)20(7,8)26-18(14,3)4;2*1-13-7-4-10-16(11-5-8-14-2)12-6-9-15-3;;/h11-12,23-24H,9-10H2,1-8H3;2*4-12H2,1-3H3;1H;/p-3/i;;;;1+1. The smallest absolute Gasteiger partial charge is 0.0893 e. The first-order valence-electron chi connectivity index (χ1n) is 21.0. The fraction of sp³-hybridized carbons (Fsp3) is 0.864. The molecule has 0 saturated carbocycles. The van der Waals surface area contributed by atoms with Crippen LogP contribution in [0.3, 0.4) is 0 Å². The van der Waals surface area contributed by atoms with Crippen molar-refractivity contribution in [2.45, 2.75) is 116 Å². The summed E-state index contributed by atoms with van der Waals surface area (Å²) in [7, 11) is 11.0. The molecule has 2 rings (SSSR count). The van der Waals surface area contributed by atoms with Gasteiger partial charge < -0.3 is 60.5 Å². The first-order valence-corrected chi connectivity index (χ1v) is 24.8. The van der Waals surface area contributed by atoms with Gasteiger partial charge in [0.05, 0.1) is 35.5 Å². The van der Waals surface area contributed by atoms with E-state index in [1.54, 1.807) is 82.8 Å². The van der Waals surface area contributed by atoms with Crippen LogP contribution >= 0.6 is 15.8 Å². The van der Waals surface area contributed by atoms with Crippen LogP contribution in [0, 0.1) is 0 Å². The Morgan fingerprint density at radius 2 is 0.667 bits per heavy atom. The fourth-order valence-electron chi connectivity index (χ4n) is 6.79. The van der Waals surface area contributed by atoms with Gasteiger partial charge in [-0.2, -0.15) is 0 Å². The number of aliphatic imine (C=N–C) groups is 2. The quantitative estimate of drug-likeness (QED) is 0.0619. The number of hydrogen-bond acceptors (Lipinski definition) is 12. The van der Waals surface area contributed by atoms with Crippen molar-refractivity contribution in [3.8, 4) is 0 Å². The van der Waals surface area contributed by atoms with E-state index in [4.69, 9.17) is 37.9 Å². The van der Waals surface area contributed by atoms with E-state index < -0.39 is 22.4 Å². The predicted octanol–water partition coefficient (Wildman–Crippen LogP) is 3.69. The second-order valence-electron chi connectivity index (χ2n) is 16.6. The maximum absolute atomic E-state index is 12.4. The molecule has 0 aromatic carbocycles. The molecule has 357 valence electrons. The Labute approximate surface area is 388 Å². The van der Waals surface area contributed by atoms with E-state index in [0.29, 0.717) is 24.2 Å². The van der Waals surface area contributed by atoms with Crippen LogP contribution in [0.4, 0.5) is 0 Å². The molecule has 2 heterocycles. The first-order chi connectivity index (χ1) is 27.4. The number of methoxy groups -OCH3 is 6. The minimum absolute atomic E-state index is 0. The minimum Gasteiger partial charge on any atom is -1.00 e. The summed E-state index contributed by atoms with van der Waals surface area (Å²) in [5.41, 5.74) is -1.79. The van der Waals surface area contributed by atoms with E-state index in [2.05, 4.69) is 9.98 Å². The summed E-state index contributed by atoms with van der Waals surface area (Å²) in [6, 6.07) is 0. The van der Waals surface area contributed by atoms with Gasteiger partial charge in [-0.15, -0.1) is 15.8 Å². The maximum atomic E-state index is 12.4. The molecule has 1 radical (unpaired) electrons. The molecule has 2 aliphatic rings. The minimum atomic E-state index is -0.819. The van der Waals surface area contributed by atoms with Crippen LogP contribution in [0.1, 0.15) is 93.9 Å². The van der Waals surface area contributed by atoms with Crippen LogP contribution in [0.15, 0.2) is 32.6 Å². The van der Waals surface area contributed by atoms with Gasteiger partial charge in [-0.25, -0.2) is 0 Å². The third-order valence-electron chi connectivity index (χ3n) is 9.64. The Hall–Kier alpha value is -0.101. The van der Waals surface area contributed by atoms with Gasteiger partial charge in [-0.05, 0) is 142 Å². The van der Waals surface area contributed by atoms with Crippen molar-refractivity contribution in [1.82, 2.24) is 0 Å². The molecule has 16 heteroatoms. The Bertz CT molecular complexity index is 1070. The Morgan fingerprint density at radius 3 is 0.833 bits per heavy atom. The summed E-state index contributed by atoms with van der Waals surface area (Å²) in [6.45, 7) is 20.8. The van der Waals surface area contributed by atoms with Crippen molar-refractivity contribution >= 4 is 28.3 Å². The SMILES string of the molecule is CC1(C)OC(C)(C)C(C=NCCN=CC2=C([O-])C(C)(C)OC2(C)C)=C1[O-].COCCCP(CCCOC)CCCOC.COCCCP(CCCOC)CCCOC.[99Tc].[Cl-]. The summed E-state index contributed by atoms with van der Waals surface area (Å²) in [4.78, 5) is 8.62. The number of hydrogen-bond donors (Lipinski definition) is 0. The topological polar surface area (TPSA) is 145 Å². The average molecular weight is 997 g/mol. The largest absolute Gasteiger partial charge is 1.00 e. The predicted molar refractivity (Wildman–Crippen MR) is 241 cm³/mol. The number of ether oxygens (including phenoxy) is 8. The van der Waals surface area contributed by atoms with Gasteiger partial charge in [0, 0.05) is 115 Å². The molecule has 2 aliphatic heterocycles. The zero-order valence-electron chi connectivity index (χ0n) is 39.9. The van der Waals surface area contributed by atoms with Crippen molar-refractivity contribution in [1.29, 1.82) is 0 Å². The first kappa shape index (κ1) is 64.2. The van der Waals surface area contributed by atoms with Crippen molar-refractivity contribution in [3.05, 3.63) is 22.7 Å². The molecule has 0 spiro atoms. The van der Waals surface area contributed by atoms with Crippen molar-refractivity contribution in [2.24, 2.45) is 9.98 Å². The zero-order chi connectivity index (χ0) is 44.1. The molecule has 60 heavy (non-hydrogen) atoms.